The van der Waals surface area contributed by atoms with Crippen molar-refractivity contribution in [2.24, 2.45) is 0 Å². The number of hydrogen-bond acceptors (Lipinski definition) is 3. The van der Waals surface area contributed by atoms with Crippen molar-refractivity contribution in [3.8, 4) is 23.3 Å². The van der Waals surface area contributed by atoms with Crippen LogP contribution in [0.5, 0.6) is 11.5 Å². The highest BCUT2D eigenvalue weighted by molar-refractivity contribution is 5.45. The van der Waals surface area contributed by atoms with Gasteiger partial charge in [0.25, 0.3) is 0 Å². The van der Waals surface area contributed by atoms with Gasteiger partial charge in [-0.15, -0.1) is 0 Å². The van der Waals surface area contributed by atoms with E-state index in [1.54, 1.807) is 0 Å². The molecule has 0 aliphatic heterocycles. The summed E-state index contributed by atoms with van der Waals surface area (Å²) in [5, 5.41) is 8.72. The molecular weight excluding hydrogens is 288 g/mol. The Kier molecular flexibility index (Phi) is 7.03. The fourth-order valence-corrected chi connectivity index (χ4v) is 1.91. The lowest BCUT2D eigenvalue weighted by Gasteiger charge is -2.04. The van der Waals surface area contributed by atoms with Gasteiger partial charge in [-0.05, 0) is 55.0 Å². The summed E-state index contributed by atoms with van der Waals surface area (Å²) in [4.78, 5) is 0. The maximum atomic E-state index is 8.72. The molecule has 0 saturated carbocycles. The largest absolute Gasteiger partial charge is 0.494 e. The zero-order valence-electron chi connectivity index (χ0n) is 13.4. The van der Waals surface area contributed by atoms with Crippen molar-refractivity contribution < 1.29 is 14.6 Å². The van der Waals surface area contributed by atoms with E-state index in [9.17, 15) is 0 Å². The van der Waals surface area contributed by atoms with Crippen LogP contribution in [0.3, 0.4) is 0 Å². The number of ether oxygens (including phenoxy) is 2. The van der Waals surface area contributed by atoms with Crippen LogP contribution in [-0.4, -0.2) is 24.9 Å². The standard InChI is InChI=1S/C20H22O3/c1-2-3-15-22-19-10-6-17(7-11-19)4-5-18-8-12-20(13-9-18)23-16-14-21/h6-13,21H,2-3,14-16H2,1H3. The molecule has 0 amide bonds. The van der Waals surface area contributed by atoms with Gasteiger partial charge in [-0.25, -0.2) is 0 Å². The monoisotopic (exact) mass is 310 g/mol. The smallest absolute Gasteiger partial charge is 0.119 e. The Morgan fingerprint density at radius 2 is 1.26 bits per heavy atom. The van der Waals surface area contributed by atoms with E-state index in [0.29, 0.717) is 6.61 Å². The zero-order chi connectivity index (χ0) is 16.3. The molecule has 3 heteroatoms. The molecule has 0 saturated heterocycles. The van der Waals surface area contributed by atoms with E-state index >= 15 is 0 Å². The molecule has 0 atom stereocenters. The van der Waals surface area contributed by atoms with E-state index < -0.39 is 0 Å². The highest BCUT2D eigenvalue weighted by atomic mass is 16.5. The summed E-state index contributed by atoms with van der Waals surface area (Å²) >= 11 is 0. The van der Waals surface area contributed by atoms with Crippen LogP contribution in [0.25, 0.3) is 0 Å². The van der Waals surface area contributed by atoms with Gasteiger partial charge in [0, 0.05) is 11.1 Å². The molecule has 1 N–H and O–H groups in total. The summed E-state index contributed by atoms with van der Waals surface area (Å²) in [5.74, 6) is 7.87. The molecule has 0 bridgehead atoms. The Hall–Kier alpha value is -2.44. The van der Waals surface area contributed by atoms with Gasteiger partial charge in [0.05, 0.1) is 13.2 Å². The van der Waals surface area contributed by atoms with Gasteiger partial charge in [0.1, 0.15) is 18.1 Å². The van der Waals surface area contributed by atoms with Gasteiger partial charge in [0.2, 0.25) is 0 Å². The number of aliphatic hydroxyl groups excluding tert-OH is 1. The molecule has 0 aliphatic rings. The first kappa shape index (κ1) is 16.9. The molecule has 2 aromatic rings. The van der Waals surface area contributed by atoms with Crippen molar-refractivity contribution in [2.45, 2.75) is 19.8 Å². The quantitative estimate of drug-likeness (QED) is 0.627. The summed E-state index contributed by atoms with van der Waals surface area (Å²) < 4.78 is 10.9. The predicted molar refractivity (Wildman–Crippen MR) is 91.8 cm³/mol. The third kappa shape index (κ3) is 6.06. The van der Waals surface area contributed by atoms with Gasteiger partial charge in [-0.3, -0.25) is 0 Å². The van der Waals surface area contributed by atoms with Crippen molar-refractivity contribution >= 4 is 0 Å². The summed E-state index contributed by atoms with van der Waals surface area (Å²) in [7, 11) is 0. The maximum absolute atomic E-state index is 8.72. The number of unbranched alkanes of at least 4 members (excludes halogenated alkanes) is 1. The normalized spacial score (nSPS) is 9.83. The Balaban J connectivity index is 1.93. The van der Waals surface area contributed by atoms with Crippen molar-refractivity contribution in [1.29, 1.82) is 0 Å². The molecule has 0 aromatic heterocycles. The molecule has 2 rings (SSSR count). The SMILES string of the molecule is CCCCOc1ccc(C#Cc2ccc(OCCO)cc2)cc1. The van der Waals surface area contributed by atoms with Gasteiger partial charge in [0.15, 0.2) is 0 Å². The molecule has 0 aliphatic carbocycles. The van der Waals surface area contributed by atoms with Crippen molar-refractivity contribution in [2.75, 3.05) is 19.8 Å². The van der Waals surface area contributed by atoms with Crippen molar-refractivity contribution in [1.82, 2.24) is 0 Å². The number of benzene rings is 2. The van der Waals surface area contributed by atoms with Crippen LogP contribution in [0.15, 0.2) is 48.5 Å². The first-order chi connectivity index (χ1) is 11.3. The lowest BCUT2D eigenvalue weighted by molar-refractivity contribution is 0.201. The third-order valence-electron chi connectivity index (χ3n) is 3.19. The minimum atomic E-state index is 0.0136. The van der Waals surface area contributed by atoms with Crippen LogP contribution in [0.1, 0.15) is 30.9 Å². The Labute approximate surface area is 137 Å². The van der Waals surface area contributed by atoms with E-state index in [-0.39, 0.29) is 6.61 Å². The highest BCUT2D eigenvalue weighted by Gasteiger charge is 1.95. The average Bonchev–Trinajstić information content (AvgIpc) is 2.60. The van der Waals surface area contributed by atoms with Crippen LogP contribution >= 0.6 is 0 Å². The van der Waals surface area contributed by atoms with E-state index in [4.69, 9.17) is 14.6 Å². The minimum absolute atomic E-state index is 0.0136. The lowest BCUT2D eigenvalue weighted by Crippen LogP contribution is -2.01. The molecule has 23 heavy (non-hydrogen) atoms. The Morgan fingerprint density at radius 1 is 0.783 bits per heavy atom. The fourth-order valence-electron chi connectivity index (χ4n) is 1.91. The van der Waals surface area contributed by atoms with Gasteiger partial charge in [-0.1, -0.05) is 25.2 Å². The van der Waals surface area contributed by atoms with Crippen LogP contribution in [0.4, 0.5) is 0 Å². The van der Waals surface area contributed by atoms with Crippen molar-refractivity contribution in [3.05, 3.63) is 59.7 Å². The van der Waals surface area contributed by atoms with Gasteiger partial charge < -0.3 is 14.6 Å². The van der Waals surface area contributed by atoms with Gasteiger partial charge in [-0.2, -0.15) is 0 Å². The van der Waals surface area contributed by atoms with Crippen molar-refractivity contribution in [3.63, 3.8) is 0 Å². The predicted octanol–water partition coefficient (Wildman–Crippen LogP) is 3.64. The molecule has 3 nitrogen and oxygen atoms in total. The summed E-state index contributed by atoms with van der Waals surface area (Å²) in [6.07, 6.45) is 2.20. The van der Waals surface area contributed by atoms with E-state index in [1.807, 2.05) is 48.5 Å². The first-order valence-electron chi connectivity index (χ1n) is 7.90. The topological polar surface area (TPSA) is 38.7 Å². The summed E-state index contributed by atoms with van der Waals surface area (Å²) in [5.41, 5.74) is 1.87. The first-order valence-corrected chi connectivity index (χ1v) is 7.90. The molecule has 120 valence electrons. The Bertz CT molecular complexity index is 633. The summed E-state index contributed by atoms with van der Waals surface area (Å²) in [6.45, 7) is 3.22. The number of rotatable bonds is 7. The fraction of sp³-hybridized carbons (Fsp3) is 0.300. The summed E-state index contributed by atoms with van der Waals surface area (Å²) in [6, 6.07) is 15.3. The van der Waals surface area contributed by atoms with Crippen LogP contribution < -0.4 is 9.47 Å². The second-order valence-corrected chi connectivity index (χ2v) is 5.07. The van der Waals surface area contributed by atoms with Gasteiger partial charge >= 0.3 is 0 Å². The van der Waals surface area contributed by atoms with Crippen LogP contribution in [0, 0.1) is 11.8 Å². The Morgan fingerprint density at radius 3 is 1.70 bits per heavy atom. The molecule has 0 unspecified atom stereocenters. The molecule has 0 radical (unpaired) electrons. The highest BCUT2D eigenvalue weighted by Crippen LogP contribution is 2.13. The molecular formula is C20H22O3. The second kappa shape index (κ2) is 9.55. The second-order valence-electron chi connectivity index (χ2n) is 5.07. The zero-order valence-corrected chi connectivity index (χ0v) is 13.4. The molecule has 0 spiro atoms. The minimum Gasteiger partial charge on any atom is -0.494 e. The average molecular weight is 310 g/mol. The molecule has 0 heterocycles. The van der Waals surface area contributed by atoms with E-state index in [1.165, 1.54) is 0 Å². The van der Waals surface area contributed by atoms with E-state index in [2.05, 4.69) is 18.8 Å². The maximum Gasteiger partial charge on any atom is 0.119 e. The molecule has 2 aromatic carbocycles. The third-order valence-corrected chi connectivity index (χ3v) is 3.19. The van der Waals surface area contributed by atoms with E-state index in [0.717, 1.165) is 42.1 Å². The van der Waals surface area contributed by atoms with Crippen LogP contribution in [-0.2, 0) is 0 Å². The number of hydrogen-bond donors (Lipinski definition) is 1. The number of aliphatic hydroxyl groups is 1. The molecule has 0 fully saturated rings. The lowest BCUT2D eigenvalue weighted by atomic mass is 10.2. The van der Waals surface area contributed by atoms with Crippen LogP contribution in [0.2, 0.25) is 0 Å².